The van der Waals surface area contributed by atoms with Crippen LogP contribution in [0.25, 0.3) is 0 Å². The Hall–Kier alpha value is -2.85. The Labute approximate surface area is 231 Å². The molecule has 2 aliphatic heterocycles. The first kappa shape index (κ1) is 29.1. The van der Waals surface area contributed by atoms with Crippen LogP contribution in [0.1, 0.15) is 69.2 Å². The monoisotopic (exact) mass is 544 g/mol. The predicted octanol–water partition coefficient (Wildman–Crippen LogP) is 3.25. The number of carbonyl (C=O) groups is 3. The van der Waals surface area contributed by atoms with Crippen molar-refractivity contribution >= 4 is 23.5 Å². The van der Waals surface area contributed by atoms with Gasteiger partial charge in [0.2, 0.25) is 5.91 Å². The molecule has 0 aromatic heterocycles. The van der Waals surface area contributed by atoms with E-state index in [1.165, 1.54) is 6.42 Å². The SMILES string of the molecule is C[C@H](CO)N1C[C@H](C)[C@H](CN(C)C(=O)NC2CCCCC2)Oc2c(NC(=O)C3CCOCC3)cccc2C1=O. The summed E-state index contributed by atoms with van der Waals surface area (Å²) < 4.78 is 11.9. The van der Waals surface area contributed by atoms with Crippen molar-refractivity contribution in [2.75, 3.05) is 45.3 Å². The Bertz CT molecular complexity index is 1010. The van der Waals surface area contributed by atoms with Crippen molar-refractivity contribution in [2.45, 2.75) is 77.0 Å². The summed E-state index contributed by atoms with van der Waals surface area (Å²) in [5.41, 5.74) is 0.758. The Morgan fingerprint density at radius 2 is 1.87 bits per heavy atom. The second kappa shape index (κ2) is 13.5. The van der Waals surface area contributed by atoms with Crippen LogP contribution in [0.2, 0.25) is 0 Å². The van der Waals surface area contributed by atoms with Crippen molar-refractivity contribution in [3.8, 4) is 5.75 Å². The van der Waals surface area contributed by atoms with Crippen molar-refractivity contribution in [2.24, 2.45) is 11.8 Å². The molecule has 1 saturated heterocycles. The Balaban J connectivity index is 1.59. The average molecular weight is 545 g/mol. The molecular formula is C29H44N4O6. The number of hydrogen-bond acceptors (Lipinski definition) is 6. The van der Waals surface area contributed by atoms with Crippen molar-refractivity contribution in [1.82, 2.24) is 15.1 Å². The number of aliphatic hydroxyl groups excluding tert-OH is 1. The maximum absolute atomic E-state index is 13.7. The largest absolute Gasteiger partial charge is 0.485 e. The second-order valence-corrected chi connectivity index (χ2v) is 11.3. The molecule has 10 heteroatoms. The number of rotatable bonds is 7. The number of fused-ring (bicyclic) bond motifs is 1. The van der Waals surface area contributed by atoms with Gasteiger partial charge in [0.25, 0.3) is 5.91 Å². The number of hydrogen-bond donors (Lipinski definition) is 3. The summed E-state index contributed by atoms with van der Waals surface area (Å²) in [5.74, 6) is -0.411. The lowest BCUT2D eigenvalue weighted by Gasteiger charge is -2.38. The zero-order chi connectivity index (χ0) is 27.9. The van der Waals surface area contributed by atoms with E-state index in [9.17, 15) is 19.5 Å². The highest BCUT2D eigenvalue weighted by atomic mass is 16.5. The minimum Gasteiger partial charge on any atom is -0.485 e. The molecule has 1 aliphatic carbocycles. The molecule has 0 bridgehead atoms. The third-order valence-electron chi connectivity index (χ3n) is 8.27. The maximum Gasteiger partial charge on any atom is 0.317 e. The first-order valence-electron chi connectivity index (χ1n) is 14.4. The molecular weight excluding hydrogens is 500 g/mol. The standard InChI is InChI=1S/C29H44N4O6/c1-19-16-33(20(2)18-34)28(36)23-10-7-11-24(31-27(35)21-12-14-38-15-13-21)26(23)39-25(19)17-32(3)29(37)30-22-8-5-4-6-9-22/h7,10-11,19-22,25,34H,4-6,8-9,12-18H2,1-3H3,(H,30,37)(H,31,35)/t19-,20+,25-/m0/s1. The third kappa shape index (κ3) is 7.22. The number of ether oxygens (including phenoxy) is 2. The number of para-hydroxylation sites is 1. The van der Waals surface area contributed by atoms with Crippen LogP contribution in [0.4, 0.5) is 10.5 Å². The van der Waals surface area contributed by atoms with Gasteiger partial charge in [0.15, 0.2) is 5.75 Å². The summed E-state index contributed by atoms with van der Waals surface area (Å²) in [7, 11) is 1.76. The summed E-state index contributed by atoms with van der Waals surface area (Å²) >= 11 is 0. The molecule has 4 amide bonds. The van der Waals surface area contributed by atoms with E-state index in [1.807, 2.05) is 13.8 Å². The summed E-state index contributed by atoms with van der Waals surface area (Å²) in [6.45, 7) is 5.37. The smallest absolute Gasteiger partial charge is 0.317 e. The van der Waals surface area contributed by atoms with Crippen LogP contribution < -0.4 is 15.4 Å². The molecule has 0 radical (unpaired) electrons. The van der Waals surface area contributed by atoms with Crippen LogP contribution in [0.15, 0.2) is 18.2 Å². The van der Waals surface area contributed by atoms with E-state index in [0.29, 0.717) is 56.1 Å². The molecule has 39 heavy (non-hydrogen) atoms. The Morgan fingerprint density at radius 3 is 2.56 bits per heavy atom. The topological polar surface area (TPSA) is 120 Å². The van der Waals surface area contributed by atoms with Gasteiger partial charge in [0.1, 0.15) is 6.10 Å². The predicted molar refractivity (Wildman–Crippen MR) is 148 cm³/mol. The van der Waals surface area contributed by atoms with E-state index >= 15 is 0 Å². The summed E-state index contributed by atoms with van der Waals surface area (Å²) in [5, 5.41) is 16.1. The molecule has 1 aromatic rings. The zero-order valence-corrected chi connectivity index (χ0v) is 23.5. The van der Waals surface area contributed by atoms with Crippen LogP contribution in [0.3, 0.4) is 0 Å². The first-order valence-corrected chi connectivity index (χ1v) is 14.4. The third-order valence-corrected chi connectivity index (χ3v) is 8.27. The Morgan fingerprint density at radius 1 is 1.15 bits per heavy atom. The second-order valence-electron chi connectivity index (χ2n) is 11.3. The van der Waals surface area contributed by atoms with Gasteiger partial charge in [-0.05, 0) is 44.7 Å². The number of carbonyl (C=O) groups excluding carboxylic acids is 3. The number of likely N-dealkylation sites (N-methyl/N-ethyl adjacent to an activating group) is 1. The number of nitrogens with zero attached hydrogens (tertiary/aromatic N) is 2. The van der Waals surface area contributed by atoms with E-state index in [4.69, 9.17) is 9.47 Å². The normalized spacial score (nSPS) is 23.6. The van der Waals surface area contributed by atoms with Gasteiger partial charge in [-0.1, -0.05) is 32.3 Å². The fourth-order valence-corrected chi connectivity index (χ4v) is 5.64. The van der Waals surface area contributed by atoms with Crippen molar-refractivity contribution in [1.29, 1.82) is 0 Å². The minimum atomic E-state index is -0.450. The molecule has 3 aliphatic rings. The van der Waals surface area contributed by atoms with Crippen LogP contribution in [0, 0.1) is 11.8 Å². The number of aliphatic hydroxyl groups is 1. The van der Waals surface area contributed by atoms with Crippen LogP contribution in [0.5, 0.6) is 5.75 Å². The number of benzene rings is 1. The van der Waals surface area contributed by atoms with E-state index in [2.05, 4.69) is 10.6 Å². The lowest BCUT2D eigenvalue weighted by molar-refractivity contribution is -0.122. The highest BCUT2D eigenvalue weighted by Gasteiger charge is 2.35. The van der Waals surface area contributed by atoms with E-state index < -0.39 is 12.1 Å². The van der Waals surface area contributed by atoms with E-state index in [1.54, 1.807) is 35.0 Å². The lowest BCUT2D eigenvalue weighted by atomic mass is 9.96. The van der Waals surface area contributed by atoms with Crippen molar-refractivity contribution in [3.05, 3.63) is 23.8 Å². The Kier molecular flexibility index (Phi) is 10.1. The van der Waals surface area contributed by atoms with Gasteiger partial charge in [-0.2, -0.15) is 0 Å². The van der Waals surface area contributed by atoms with Crippen molar-refractivity contribution < 1.29 is 29.0 Å². The quantitative estimate of drug-likeness (QED) is 0.485. The van der Waals surface area contributed by atoms with Gasteiger partial charge in [-0.3, -0.25) is 9.59 Å². The molecule has 3 N–H and O–H groups in total. The molecule has 10 nitrogen and oxygen atoms in total. The molecule has 1 aromatic carbocycles. The van der Waals surface area contributed by atoms with Gasteiger partial charge in [-0.25, -0.2) is 4.79 Å². The molecule has 0 unspecified atom stereocenters. The minimum absolute atomic E-state index is 0.126. The fraction of sp³-hybridized carbons (Fsp3) is 0.690. The van der Waals surface area contributed by atoms with Gasteiger partial charge in [0, 0.05) is 44.7 Å². The summed E-state index contributed by atoms with van der Waals surface area (Å²) in [6, 6.07) is 4.80. The lowest BCUT2D eigenvalue weighted by Crippen LogP contribution is -2.52. The number of nitrogens with one attached hydrogen (secondary N) is 2. The molecule has 0 spiro atoms. The molecule has 216 valence electrons. The van der Waals surface area contributed by atoms with Gasteiger partial charge >= 0.3 is 6.03 Å². The highest BCUT2D eigenvalue weighted by Crippen LogP contribution is 2.35. The van der Waals surface area contributed by atoms with E-state index in [0.717, 1.165) is 25.7 Å². The summed E-state index contributed by atoms with van der Waals surface area (Å²) in [6.07, 6.45) is 6.29. The molecule has 2 fully saturated rings. The van der Waals surface area contributed by atoms with Crippen LogP contribution in [-0.2, 0) is 9.53 Å². The number of anilines is 1. The van der Waals surface area contributed by atoms with Gasteiger partial charge in [0.05, 0.1) is 30.4 Å². The fourth-order valence-electron chi connectivity index (χ4n) is 5.64. The number of urea groups is 1. The molecule has 3 atom stereocenters. The van der Waals surface area contributed by atoms with Crippen LogP contribution >= 0.6 is 0 Å². The number of amides is 4. The maximum atomic E-state index is 13.7. The highest BCUT2D eigenvalue weighted by molar-refractivity contribution is 6.02. The summed E-state index contributed by atoms with van der Waals surface area (Å²) in [4.78, 5) is 43.1. The molecule has 4 rings (SSSR count). The first-order chi connectivity index (χ1) is 18.8. The van der Waals surface area contributed by atoms with Crippen molar-refractivity contribution in [3.63, 3.8) is 0 Å². The zero-order valence-electron chi connectivity index (χ0n) is 23.5. The average Bonchev–Trinajstić information content (AvgIpc) is 2.95. The van der Waals surface area contributed by atoms with Gasteiger partial charge < -0.3 is 35.0 Å². The molecule has 2 heterocycles. The van der Waals surface area contributed by atoms with E-state index in [-0.39, 0.29) is 42.3 Å². The van der Waals surface area contributed by atoms with Crippen LogP contribution in [-0.4, -0.2) is 90.9 Å². The van der Waals surface area contributed by atoms with Gasteiger partial charge in [-0.15, -0.1) is 0 Å². The molecule has 1 saturated carbocycles.